The fraction of sp³-hybridized carbons (Fsp3) is 0.182. The molecule has 0 bridgehead atoms. The highest BCUT2D eigenvalue weighted by atomic mass is 79.9. The number of halogens is 2. The van der Waals surface area contributed by atoms with Gasteiger partial charge in [-0.05, 0) is 19.1 Å². The molecule has 84 valence electrons. The number of anilines is 1. The second-order valence-electron chi connectivity index (χ2n) is 3.41. The van der Waals surface area contributed by atoms with Gasteiger partial charge in [-0.3, -0.25) is 4.68 Å². The van der Waals surface area contributed by atoms with Gasteiger partial charge in [-0.2, -0.15) is 5.10 Å². The molecule has 0 aliphatic carbocycles. The Morgan fingerprint density at radius 2 is 2.25 bits per heavy atom. The molecule has 0 amide bonds. The van der Waals surface area contributed by atoms with Crippen molar-refractivity contribution in [2.45, 2.75) is 13.5 Å². The first-order valence-corrected chi connectivity index (χ1v) is 6.07. The number of rotatable bonds is 2. The molecular formula is C11H11BrClN3. The molecule has 3 nitrogen and oxygen atoms in total. The van der Waals surface area contributed by atoms with E-state index in [1.54, 1.807) is 4.68 Å². The molecule has 0 atom stereocenters. The van der Waals surface area contributed by atoms with Crippen LogP contribution in [-0.4, -0.2) is 9.78 Å². The van der Waals surface area contributed by atoms with Crippen LogP contribution >= 0.6 is 27.5 Å². The maximum atomic E-state index is 6.15. The van der Waals surface area contributed by atoms with E-state index in [9.17, 15) is 0 Å². The van der Waals surface area contributed by atoms with Gasteiger partial charge in [0.05, 0.1) is 10.7 Å². The lowest BCUT2D eigenvalue weighted by Gasteiger charge is -2.02. The van der Waals surface area contributed by atoms with E-state index >= 15 is 0 Å². The number of nitrogen functional groups attached to an aromatic ring is 1. The Kier molecular flexibility index (Phi) is 3.21. The van der Waals surface area contributed by atoms with E-state index in [4.69, 9.17) is 17.3 Å². The predicted octanol–water partition coefficient (Wildman–Crippen LogP) is 3.57. The summed E-state index contributed by atoms with van der Waals surface area (Å²) in [6, 6.07) is 5.66. The van der Waals surface area contributed by atoms with Crippen LogP contribution in [0.25, 0.3) is 11.3 Å². The van der Waals surface area contributed by atoms with Crippen molar-refractivity contribution >= 4 is 33.2 Å². The molecule has 0 aliphatic rings. The Morgan fingerprint density at radius 3 is 2.81 bits per heavy atom. The maximum absolute atomic E-state index is 6.15. The van der Waals surface area contributed by atoms with Crippen LogP contribution in [0.2, 0.25) is 5.02 Å². The first-order chi connectivity index (χ1) is 7.61. The summed E-state index contributed by atoms with van der Waals surface area (Å²) in [5, 5.41) is 5.02. The van der Waals surface area contributed by atoms with Crippen LogP contribution in [0.4, 0.5) is 5.69 Å². The highest BCUT2D eigenvalue weighted by Crippen LogP contribution is 2.32. The molecule has 5 heteroatoms. The molecule has 1 heterocycles. The molecular weight excluding hydrogens is 289 g/mol. The first-order valence-electron chi connectivity index (χ1n) is 4.90. The smallest absolute Gasteiger partial charge is 0.117 e. The van der Waals surface area contributed by atoms with Crippen molar-refractivity contribution in [1.29, 1.82) is 0 Å². The van der Waals surface area contributed by atoms with E-state index in [2.05, 4.69) is 21.0 Å². The minimum absolute atomic E-state index is 0.641. The molecule has 0 radical (unpaired) electrons. The number of aryl methyl sites for hydroxylation is 1. The minimum atomic E-state index is 0.641. The predicted molar refractivity (Wildman–Crippen MR) is 70.5 cm³/mol. The van der Waals surface area contributed by atoms with Crippen LogP contribution in [0.3, 0.4) is 0 Å². The van der Waals surface area contributed by atoms with Crippen molar-refractivity contribution in [1.82, 2.24) is 9.78 Å². The first kappa shape index (κ1) is 11.5. The van der Waals surface area contributed by atoms with Crippen molar-refractivity contribution < 1.29 is 0 Å². The highest BCUT2D eigenvalue weighted by molar-refractivity contribution is 9.10. The van der Waals surface area contributed by atoms with Gasteiger partial charge < -0.3 is 5.73 Å². The molecule has 1 aromatic carbocycles. The van der Waals surface area contributed by atoms with Gasteiger partial charge in [-0.25, -0.2) is 0 Å². The molecule has 0 aliphatic heterocycles. The van der Waals surface area contributed by atoms with E-state index in [1.165, 1.54) is 0 Å². The van der Waals surface area contributed by atoms with Crippen molar-refractivity contribution in [3.8, 4) is 11.3 Å². The topological polar surface area (TPSA) is 43.8 Å². The Balaban J connectivity index is 2.53. The van der Waals surface area contributed by atoms with Crippen LogP contribution in [0.15, 0.2) is 28.9 Å². The fourth-order valence-electron chi connectivity index (χ4n) is 1.49. The van der Waals surface area contributed by atoms with Crippen molar-refractivity contribution in [3.63, 3.8) is 0 Å². The lowest BCUT2D eigenvalue weighted by Crippen LogP contribution is -1.94. The highest BCUT2D eigenvalue weighted by Gasteiger charge is 2.11. The van der Waals surface area contributed by atoms with Gasteiger partial charge in [0.1, 0.15) is 5.69 Å². The van der Waals surface area contributed by atoms with Gasteiger partial charge >= 0.3 is 0 Å². The molecule has 2 aromatic rings. The molecule has 0 spiro atoms. The summed E-state index contributed by atoms with van der Waals surface area (Å²) in [5.41, 5.74) is 8.14. The Hall–Kier alpha value is -1.00. The third-order valence-corrected chi connectivity index (χ3v) is 3.11. The summed E-state index contributed by atoms with van der Waals surface area (Å²) in [7, 11) is 0. The Labute approximate surface area is 107 Å². The molecule has 0 saturated heterocycles. The van der Waals surface area contributed by atoms with Crippen LogP contribution in [0.1, 0.15) is 6.92 Å². The molecule has 0 fully saturated rings. The number of nitrogens with two attached hydrogens (primary N) is 1. The Bertz CT molecular complexity index is 522. The van der Waals surface area contributed by atoms with Crippen LogP contribution in [0.5, 0.6) is 0 Å². The zero-order valence-corrected chi connectivity index (χ0v) is 11.1. The van der Waals surface area contributed by atoms with Crippen molar-refractivity contribution in [2.75, 3.05) is 5.73 Å². The van der Waals surface area contributed by atoms with Crippen molar-refractivity contribution in [3.05, 3.63) is 33.9 Å². The summed E-state index contributed by atoms with van der Waals surface area (Å²) in [6.07, 6.45) is 1.81. The summed E-state index contributed by atoms with van der Waals surface area (Å²) >= 11 is 9.52. The third-order valence-electron chi connectivity index (χ3n) is 2.30. The van der Waals surface area contributed by atoms with Crippen LogP contribution in [0, 0.1) is 0 Å². The van der Waals surface area contributed by atoms with Crippen LogP contribution < -0.4 is 5.73 Å². The quantitative estimate of drug-likeness (QED) is 0.921. The molecule has 16 heavy (non-hydrogen) atoms. The Morgan fingerprint density at radius 1 is 1.50 bits per heavy atom. The average molecular weight is 301 g/mol. The molecule has 0 unspecified atom stereocenters. The number of aromatic nitrogens is 2. The van der Waals surface area contributed by atoms with E-state index < -0.39 is 0 Å². The van der Waals surface area contributed by atoms with E-state index in [-0.39, 0.29) is 0 Å². The minimum Gasteiger partial charge on any atom is -0.396 e. The number of hydrogen-bond acceptors (Lipinski definition) is 2. The van der Waals surface area contributed by atoms with Gasteiger partial charge in [0, 0.05) is 22.8 Å². The molecule has 2 N–H and O–H groups in total. The lowest BCUT2D eigenvalue weighted by molar-refractivity contribution is 0.662. The van der Waals surface area contributed by atoms with E-state index in [0.29, 0.717) is 10.7 Å². The van der Waals surface area contributed by atoms with Gasteiger partial charge in [0.2, 0.25) is 0 Å². The number of nitrogens with zero attached hydrogens (tertiary/aromatic N) is 2. The van der Waals surface area contributed by atoms with Gasteiger partial charge in [-0.15, -0.1) is 0 Å². The molecule has 1 aromatic heterocycles. The van der Waals surface area contributed by atoms with Crippen LogP contribution in [-0.2, 0) is 6.54 Å². The average Bonchev–Trinajstić information content (AvgIpc) is 2.60. The zero-order chi connectivity index (χ0) is 11.7. The van der Waals surface area contributed by atoms with Gasteiger partial charge in [0.15, 0.2) is 0 Å². The lowest BCUT2D eigenvalue weighted by atomic mass is 10.1. The molecule has 2 rings (SSSR count). The summed E-state index contributed by atoms with van der Waals surface area (Å²) in [6.45, 7) is 2.80. The third kappa shape index (κ3) is 2.08. The maximum Gasteiger partial charge on any atom is 0.117 e. The zero-order valence-electron chi connectivity index (χ0n) is 8.74. The summed E-state index contributed by atoms with van der Waals surface area (Å²) in [4.78, 5) is 0. The monoisotopic (exact) mass is 299 g/mol. The second kappa shape index (κ2) is 4.47. The second-order valence-corrected chi connectivity index (χ2v) is 4.74. The molecule has 0 saturated carbocycles. The normalized spacial score (nSPS) is 10.7. The van der Waals surface area contributed by atoms with Crippen molar-refractivity contribution in [2.24, 2.45) is 0 Å². The summed E-state index contributed by atoms with van der Waals surface area (Å²) in [5.74, 6) is 0. The number of benzene rings is 1. The fourth-order valence-corrected chi connectivity index (χ4v) is 2.25. The standard InChI is InChI=1S/C11H11BrClN3/c1-2-16-6-10(14)11(15-16)8-4-3-7(12)5-9(8)13/h3-6H,2,14H2,1H3. The SMILES string of the molecule is CCn1cc(N)c(-c2ccc(Br)cc2Cl)n1. The number of hydrogen-bond donors (Lipinski definition) is 1. The summed E-state index contributed by atoms with van der Waals surface area (Å²) < 4.78 is 2.73. The van der Waals surface area contributed by atoms with E-state index in [1.807, 2.05) is 31.3 Å². The van der Waals surface area contributed by atoms with Gasteiger partial charge in [-0.1, -0.05) is 33.6 Å². The van der Waals surface area contributed by atoms with Gasteiger partial charge in [0.25, 0.3) is 0 Å². The van der Waals surface area contributed by atoms with E-state index in [0.717, 1.165) is 22.3 Å². The largest absolute Gasteiger partial charge is 0.396 e.